The van der Waals surface area contributed by atoms with Crippen LogP contribution in [-0.4, -0.2) is 22.9 Å². The zero-order valence-corrected chi connectivity index (χ0v) is 8.79. The molecule has 1 aromatic rings. The molecule has 0 N–H and O–H groups in total. The van der Waals surface area contributed by atoms with Crippen LogP contribution in [0.5, 0.6) is 0 Å². The minimum absolute atomic E-state index is 0.394. The van der Waals surface area contributed by atoms with Gasteiger partial charge in [0.25, 0.3) is 0 Å². The molecule has 1 aromatic heterocycles. The largest absolute Gasteiger partial charge is 0.378 e. The van der Waals surface area contributed by atoms with Crippen LogP contribution in [0, 0.1) is 0 Å². The van der Waals surface area contributed by atoms with Gasteiger partial charge in [0.2, 0.25) is 10.6 Å². The van der Waals surface area contributed by atoms with E-state index in [1.54, 1.807) is 0 Å². The zero-order valence-electron chi connectivity index (χ0n) is 7.20. The van der Waals surface area contributed by atoms with Gasteiger partial charge in [0.15, 0.2) is 0 Å². The quantitative estimate of drug-likeness (QED) is 0.818. The van der Waals surface area contributed by atoms with E-state index in [1.165, 1.54) is 6.42 Å². The topological polar surface area (TPSA) is 48.2 Å². The molecule has 2 heterocycles. The van der Waals surface area contributed by atoms with Gasteiger partial charge in [0, 0.05) is 13.0 Å². The lowest BCUT2D eigenvalue weighted by atomic mass is 10.1. The summed E-state index contributed by atoms with van der Waals surface area (Å²) in [5, 5.41) is 3.65. The van der Waals surface area contributed by atoms with Crippen molar-refractivity contribution in [2.24, 2.45) is 0 Å². The fourth-order valence-electron chi connectivity index (χ4n) is 1.49. The number of rotatable bonds is 3. The van der Waals surface area contributed by atoms with Gasteiger partial charge in [-0.1, -0.05) is 0 Å². The Morgan fingerprint density at radius 1 is 1.54 bits per heavy atom. The number of hydrogen-bond donors (Lipinski definition) is 0. The number of ether oxygens (including phenoxy) is 1. The molecule has 13 heavy (non-hydrogen) atoms. The summed E-state index contributed by atoms with van der Waals surface area (Å²) < 4.78 is 11.0. The minimum atomic E-state index is 0.394. The predicted octanol–water partition coefficient (Wildman–Crippen LogP) is 1.94. The van der Waals surface area contributed by atoms with Crippen molar-refractivity contribution in [2.75, 3.05) is 6.61 Å². The highest BCUT2D eigenvalue weighted by Gasteiger charge is 2.16. The van der Waals surface area contributed by atoms with Gasteiger partial charge in [0.1, 0.15) is 0 Å². The van der Waals surface area contributed by atoms with Gasteiger partial charge in [-0.05, 0) is 40.3 Å². The van der Waals surface area contributed by atoms with Crippen molar-refractivity contribution < 1.29 is 9.26 Å². The average molecular weight is 247 g/mol. The summed E-state index contributed by atoms with van der Waals surface area (Å²) in [6.45, 7) is 0.901. The number of aryl methyl sites for hydroxylation is 1. The molecular weight excluding hydrogens is 236 g/mol. The van der Waals surface area contributed by atoms with Gasteiger partial charge in [0.05, 0.1) is 6.10 Å². The number of aromatic nitrogens is 2. The van der Waals surface area contributed by atoms with E-state index in [-0.39, 0.29) is 0 Å². The van der Waals surface area contributed by atoms with Crippen LogP contribution in [0.1, 0.15) is 25.2 Å². The van der Waals surface area contributed by atoms with E-state index < -0.39 is 0 Å². The normalized spacial score (nSPS) is 22.4. The highest BCUT2D eigenvalue weighted by Crippen LogP contribution is 2.17. The molecule has 0 aromatic carbocycles. The van der Waals surface area contributed by atoms with Gasteiger partial charge >= 0.3 is 0 Å². The Morgan fingerprint density at radius 2 is 2.46 bits per heavy atom. The van der Waals surface area contributed by atoms with Crippen LogP contribution < -0.4 is 0 Å². The first-order valence-electron chi connectivity index (χ1n) is 4.44. The number of halogens is 1. The van der Waals surface area contributed by atoms with E-state index in [0.29, 0.717) is 16.7 Å². The van der Waals surface area contributed by atoms with E-state index in [9.17, 15) is 0 Å². The van der Waals surface area contributed by atoms with Crippen molar-refractivity contribution in [1.82, 2.24) is 10.1 Å². The van der Waals surface area contributed by atoms with E-state index in [1.807, 2.05) is 0 Å². The number of nitrogens with zero attached hydrogens (tertiary/aromatic N) is 2. The third-order valence-corrected chi connectivity index (χ3v) is 2.47. The highest BCUT2D eigenvalue weighted by molar-refractivity contribution is 9.10. The maximum absolute atomic E-state index is 5.48. The van der Waals surface area contributed by atoms with Crippen molar-refractivity contribution in [3.05, 3.63) is 10.6 Å². The first kappa shape index (κ1) is 9.15. The zero-order chi connectivity index (χ0) is 9.10. The highest BCUT2D eigenvalue weighted by atomic mass is 79.9. The fraction of sp³-hybridized carbons (Fsp3) is 0.750. The first-order chi connectivity index (χ1) is 6.34. The van der Waals surface area contributed by atoms with E-state index in [0.717, 1.165) is 25.9 Å². The van der Waals surface area contributed by atoms with Crippen molar-refractivity contribution in [3.8, 4) is 0 Å². The molecule has 1 aliphatic rings. The van der Waals surface area contributed by atoms with Crippen LogP contribution in [0.3, 0.4) is 0 Å². The van der Waals surface area contributed by atoms with Crippen LogP contribution in [-0.2, 0) is 11.2 Å². The Morgan fingerprint density at radius 3 is 3.08 bits per heavy atom. The summed E-state index contributed by atoms with van der Waals surface area (Å²) >= 11 is 3.14. The molecule has 0 spiro atoms. The molecule has 0 aliphatic carbocycles. The molecule has 0 saturated carbocycles. The van der Waals surface area contributed by atoms with Gasteiger partial charge in [-0.15, -0.1) is 0 Å². The molecule has 0 radical (unpaired) electrons. The smallest absolute Gasteiger partial charge is 0.238 e. The van der Waals surface area contributed by atoms with Crippen molar-refractivity contribution in [3.63, 3.8) is 0 Å². The van der Waals surface area contributed by atoms with Crippen LogP contribution in [0.25, 0.3) is 0 Å². The lowest BCUT2D eigenvalue weighted by Crippen LogP contribution is -2.06. The summed E-state index contributed by atoms with van der Waals surface area (Å²) in [6, 6.07) is 0. The third kappa shape index (κ3) is 2.51. The maximum Gasteiger partial charge on any atom is 0.238 e. The van der Waals surface area contributed by atoms with Crippen molar-refractivity contribution >= 4 is 15.9 Å². The number of hydrogen-bond acceptors (Lipinski definition) is 4. The molecule has 1 fully saturated rings. The minimum Gasteiger partial charge on any atom is -0.378 e. The molecule has 2 rings (SSSR count). The van der Waals surface area contributed by atoms with E-state index >= 15 is 0 Å². The SMILES string of the molecule is Brc1noc(CCC2CCCO2)n1. The molecule has 0 amide bonds. The molecule has 1 aliphatic heterocycles. The summed E-state index contributed by atoms with van der Waals surface area (Å²) in [6.07, 6.45) is 4.52. The monoisotopic (exact) mass is 246 g/mol. The summed E-state index contributed by atoms with van der Waals surface area (Å²) in [5.41, 5.74) is 0. The second-order valence-electron chi connectivity index (χ2n) is 3.13. The first-order valence-corrected chi connectivity index (χ1v) is 5.23. The second-order valence-corrected chi connectivity index (χ2v) is 3.84. The maximum atomic E-state index is 5.48. The molecule has 0 bridgehead atoms. The van der Waals surface area contributed by atoms with Crippen LogP contribution >= 0.6 is 15.9 Å². The third-order valence-electron chi connectivity index (χ3n) is 2.15. The lowest BCUT2D eigenvalue weighted by molar-refractivity contribution is 0.102. The van der Waals surface area contributed by atoms with Crippen LogP contribution in [0.2, 0.25) is 0 Å². The van der Waals surface area contributed by atoms with Crippen LogP contribution in [0.15, 0.2) is 9.26 Å². The Balaban J connectivity index is 1.78. The predicted molar refractivity (Wildman–Crippen MR) is 49.3 cm³/mol. The summed E-state index contributed by atoms with van der Waals surface area (Å²) in [4.78, 5) is 4.05. The van der Waals surface area contributed by atoms with Gasteiger partial charge in [-0.3, -0.25) is 0 Å². The standard InChI is InChI=1S/C8H11BrN2O2/c9-8-10-7(13-11-8)4-3-6-2-1-5-12-6/h6H,1-5H2. The lowest BCUT2D eigenvalue weighted by Gasteiger charge is -2.05. The Kier molecular flexibility index (Phi) is 2.95. The summed E-state index contributed by atoms with van der Waals surface area (Å²) in [5.74, 6) is 0.683. The van der Waals surface area contributed by atoms with E-state index in [2.05, 4.69) is 26.1 Å². The fourth-order valence-corrected chi connectivity index (χ4v) is 1.76. The molecule has 1 saturated heterocycles. The van der Waals surface area contributed by atoms with Gasteiger partial charge < -0.3 is 9.26 Å². The second kappa shape index (κ2) is 4.19. The van der Waals surface area contributed by atoms with Gasteiger partial charge in [-0.25, -0.2) is 0 Å². The van der Waals surface area contributed by atoms with Crippen molar-refractivity contribution in [2.45, 2.75) is 31.8 Å². The molecule has 5 heteroatoms. The van der Waals surface area contributed by atoms with Crippen molar-refractivity contribution in [1.29, 1.82) is 0 Å². The molecule has 72 valence electrons. The Labute approximate surface area is 84.8 Å². The molecular formula is C8H11BrN2O2. The van der Waals surface area contributed by atoms with E-state index in [4.69, 9.17) is 9.26 Å². The molecule has 1 atom stereocenters. The molecule has 1 unspecified atom stereocenters. The average Bonchev–Trinajstić information content (AvgIpc) is 2.71. The Bertz CT molecular complexity index is 271. The Hall–Kier alpha value is -0.420. The van der Waals surface area contributed by atoms with Crippen LogP contribution in [0.4, 0.5) is 0 Å². The summed E-state index contributed by atoms with van der Waals surface area (Å²) in [7, 11) is 0. The molecule has 4 nitrogen and oxygen atoms in total. The van der Waals surface area contributed by atoms with Gasteiger partial charge in [-0.2, -0.15) is 4.98 Å².